The lowest BCUT2D eigenvalue weighted by molar-refractivity contribution is -0.198. The van der Waals surface area contributed by atoms with E-state index in [1.165, 1.54) is 6.92 Å². The minimum atomic E-state index is -0.987. The van der Waals surface area contributed by atoms with E-state index in [-0.39, 0.29) is 12.1 Å². The van der Waals surface area contributed by atoms with Gasteiger partial charge in [0.1, 0.15) is 6.10 Å². The van der Waals surface area contributed by atoms with Crippen LogP contribution in [0.25, 0.3) is 0 Å². The van der Waals surface area contributed by atoms with Gasteiger partial charge >= 0.3 is 11.9 Å². The van der Waals surface area contributed by atoms with Gasteiger partial charge in [-0.15, -0.1) is 0 Å². The van der Waals surface area contributed by atoms with Gasteiger partial charge in [-0.2, -0.15) is 0 Å². The van der Waals surface area contributed by atoms with Crippen LogP contribution in [-0.4, -0.2) is 27.6 Å². The van der Waals surface area contributed by atoms with Crippen molar-refractivity contribution in [2.75, 3.05) is 0 Å². The Bertz CT molecular complexity index is 313. The van der Waals surface area contributed by atoms with Crippen LogP contribution in [0.1, 0.15) is 39.0 Å². The van der Waals surface area contributed by atoms with E-state index in [4.69, 9.17) is 9.47 Å². The number of carbonyl (C=O) groups excluding carboxylic acids is 2. The summed E-state index contributed by atoms with van der Waals surface area (Å²) in [6.07, 6.45) is 3.92. The molecule has 3 atom stereocenters. The largest absolute Gasteiger partial charge is 0.458 e. The number of rotatable bonds is 1. The molecule has 0 spiro atoms. The summed E-state index contributed by atoms with van der Waals surface area (Å²) in [7, 11) is 0. The summed E-state index contributed by atoms with van der Waals surface area (Å²) >= 11 is 2.34. The number of halogens is 1. The summed E-state index contributed by atoms with van der Waals surface area (Å²) in [6, 6.07) is 0. The Kier molecular flexibility index (Phi) is 3.42. The Morgan fingerprint density at radius 3 is 2.88 bits per heavy atom. The Morgan fingerprint density at radius 1 is 1.50 bits per heavy atom. The average molecular weight is 338 g/mol. The van der Waals surface area contributed by atoms with Crippen molar-refractivity contribution in [2.24, 2.45) is 0 Å². The van der Waals surface area contributed by atoms with E-state index in [0.29, 0.717) is 16.8 Å². The fraction of sp³-hybridized carbons (Fsp3) is 0.818. The van der Waals surface area contributed by atoms with E-state index in [2.05, 4.69) is 22.6 Å². The third-order valence-electron chi connectivity index (χ3n) is 3.27. The van der Waals surface area contributed by atoms with Gasteiger partial charge < -0.3 is 9.47 Å². The number of hydrogen-bond acceptors (Lipinski definition) is 4. The highest BCUT2D eigenvalue weighted by Gasteiger charge is 2.50. The van der Waals surface area contributed by atoms with Crippen LogP contribution in [0.4, 0.5) is 0 Å². The molecule has 3 fully saturated rings. The zero-order valence-electron chi connectivity index (χ0n) is 9.20. The summed E-state index contributed by atoms with van der Waals surface area (Å²) in [5, 5.41) is 0. The molecule has 0 aromatic rings. The van der Waals surface area contributed by atoms with Gasteiger partial charge in [0.05, 0.1) is 0 Å². The Morgan fingerprint density at radius 2 is 2.25 bits per heavy atom. The van der Waals surface area contributed by atoms with Gasteiger partial charge in [0.15, 0.2) is 0 Å². The number of ether oxygens (including phenoxy) is 2. The van der Waals surface area contributed by atoms with Crippen molar-refractivity contribution in [2.45, 2.75) is 54.7 Å². The zero-order valence-corrected chi connectivity index (χ0v) is 11.4. The van der Waals surface area contributed by atoms with Crippen LogP contribution >= 0.6 is 22.6 Å². The number of fused-ring (bicyclic) bond motifs is 5. The predicted molar refractivity (Wildman–Crippen MR) is 65.3 cm³/mol. The predicted octanol–water partition coefficient (Wildman–Crippen LogP) is 1.98. The Balaban J connectivity index is 2.19. The molecule has 3 aliphatic rings. The molecule has 0 amide bonds. The Labute approximate surface area is 108 Å². The van der Waals surface area contributed by atoms with E-state index < -0.39 is 11.6 Å². The summed E-state index contributed by atoms with van der Waals surface area (Å²) in [4.78, 5) is 23.0. The quantitative estimate of drug-likeness (QED) is 0.417. The third kappa shape index (κ3) is 2.19. The van der Waals surface area contributed by atoms with Gasteiger partial charge in [0, 0.05) is 17.3 Å². The Hall–Kier alpha value is -0.330. The first kappa shape index (κ1) is 12.1. The fourth-order valence-electron chi connectivity index (χ4n) is 2.45. The molecule has 2 bridgehead atoms. The standard InChI is InChI=1S/C11H15IO4/c1-7(13)16-11-5-2-3-8(12)9(4-6-11)15-10(11)14/h8-9H,2-6H2,1H3/t8?,9?,11-/m0/s1. The minimum Gasteiger partial charge on any atom is -0.458 e. The average Bonchev–Trinajstić information content (AvgIpc) is 2.19. The maximum atomic E-state index is 11.9. The number of alkyl halides is 1. The zero-order chi connectivity index (χ0) is 11.8. The van der Waals surface area contributed by atoms with Crippen LogP contribution < -0.4 is 0 Å². The summed E-state index contributed by atoms with van der Waals surface area (Å²) < 4.78 is 11.0. The minimum absolute atomic E-state index is 0.00270. The number of esters is 2. The fourth-order valence-corrected chi connectivity index (χ4v) is 3.40. The molecule has 5 heteroatoms. The number of hydrogen-bond donors (Lipinski definition) is 0. The van der Waals surface area contributed by atoms with Gasteiger partial charge in [-0.25, -0.2) is 4.79 Å². The summed E-state index contributed by atoms with van der Waals surface area (Å²) in [5.74, 6) is -0.748. The van der Waals surface area contributed by atoms with Crippen LogP contribution in [0.3, 0.4) is 0 Å². The summed E-state index contributed by atoms with van der Waals surface area (Å²) in [5.41, 5.74) is -0.987. The van der Waals surface area contributed by atoms with Crippen LogP contribution in [0.15, 0.2) is 0 Å². The molecule has 16 heavy (non-hydrogen) atoms. The lowest BCUT2D eigenvalue weighted by Gasteiger charge is -2.41. The van der Waals surface area contributed by atoms with Crippen LogP contribution in [0, 0.1) is 0 Å². The monoisotopic (exact) mass is 338 g/mol. The molecule has 4 nitrogen and oxygen atoms in total. The van der Waals surface area contributed by atoms with Crippen molar-refractivity contribution in [1.29, 1.82) is 0 Å². The van der Waals surface area contributed by atoms with E-state index in [1.54, 1.807) is 0 Å². The number of carbonyl (C=O) groups is 2. The van der Waals surface area contributed by atoms with Crippen LogP contribution in [0.5, 0.6) is 0 Å². The van der Waals surface area contributed by atoms with Crippen molar-refractivity contribution in [3.05, 3.63) is 0 Å². The first-order chi connectivity index (χ1) is 7.53. The molecule has 2 aliphatic heterocycles. The molecule has 0 aromatic heterocycles. The van der Waals surface area contributed by atoms with Gasteiger partial charge in [0.25, 0.3) is 0 Å². The molecular weight excluding hydrogens is 323 g/mol. The molecule has 2 saturated heterocycles. The van der Waals surface area contributed by atoms with Crippen LogP contribution in [0.2, 0.25) is 0 Å². The van der Waals surface area contributed by atoms with Gasteiger partial charge in [-0.05, 0) is 25.7 Å². The van der Waals surface area contributed by atoms with E-state index in [1.807, 2.05) is 0 Å². The van der Waals surface area contributed by atoms with E-state index in [9.17, 15) is 9.59 Å². The second-order valence-electron chi connectivity index (χ2n) is 4.48. The highest BCUT2D eigenvalue weighted by Crippen LogP contribution is 2.39. The molecule has 90 valence electrons. The molecule has 3 rings (SSSR count). The van der Waals surface area contributed by atoms with E-state index in [0.717, 1.165) is 19.3 Å². The summed E-state index contributed by atoms with van der Waals surface area (Å²) in [6.45, 7) is 1.34. The second kappa shape index (κ2) is 4.50. The molecule has 0 N–H and O–H groups in total. The molecule has 2 unspecified atom stereocenters. The van der Waals surface area contributed by atoms with Crippen molar-refractivity contribution >= 4 is 34.5 Å². The molecule has 0 aromatic carbocycles. The second-order valence-corrected chi connectivity index (χ2v) is 6.08. The molecule has 1 aliphatic carbocycles. The van der Waals surface area contributed by atoms with Crippen molar-refractivity contribution < 1.29 is 19.1 Å². The highest BCUT2D eigenvalue weighted by atomic mass is 127. The first-order valence-corrected chi connectivity index (χ1v) is 6.83. The molecular formula is C11H15IO4. The normalized spacial score (nSPS) is 38.5. The van der Waals surface area contributed by atoms with Crippen LogP contribution in [-0.2, 0) is 19.1 Å². The molecule has 1 saturated carbocycles. The maximum absolute atomic E-state index is 11.9. The third-order valence-corrected chi connectivity index (χ3v) is 4.69. The lowest BCUT2D eigenvalue weighted by atomic mass is 9.83. The SMILES string of the molecule is CC(=O)O[C@@]12CCCC(I)C(CC1)OC2=O. The molecule has 0 radical (unpaired) electrons. The highest BCUT2D eigenvalue weighted by molar-refractivity contribution is 14.1. The van der Waals surface area contributed by atoms with Crippen molar-refractivity contribution in [3.8, 4) is 0 Å². The van der Waals surface area contributed by atoms with Gasteiger partial charge in [-0.3, -0.25) is 4.79 Å². The van der Waals surface area contributed by atoms with Crippen molar-refractivity contribution in [3.63, 3.8) is 0 Å². The molecule has 2 heterocycles. The van der Waals surface area contributed by atoms with Gasteiger partial charge in [0.2, 0.25) is 5.60 Å². The van der Waals surface area contributed by atoms with Gasteiger partial charge in [-0.1, -0.05) is 22.6 Å². The smallest absolute Gasteiger partial charge is 0.350 e. The topological polar surface area (TPSA) is 52.6 Å². The van der Waals surface area contributed by atoms with E-state index >= 15 is 0 Å². The van der Waals surface area contributed by atoms with Crippen molar-refractivity contribution in [1.82, 2.24) is 0 Å². The lowest BCUT2D eigenvalue weighted by Crippen LogP contribution is -2.52. The first-order valence-electron chi connectivity index (χ1n) is 5.58. The maximum Gasteiger partial charge on any atom is 0.350 e.